The second kappa shape index (κ2) is 9.51. The van der Waals surface area contributed by atoms with Crippen molar-refractivity contribution in [1.29, 1.82) is 5.26 Å². The molecule has 1 aliphatic heterocycles. The summed E-state index contributed by atoms with van der Waals surface area (Å²) in [6.45, 7) is 6.98. The molecule has 0 bridgehead atoms. The number of aromatic nitrogens is 4. The first-order valence-electron chi connectivity index (χ1n) is 12.1. The van der Waals surface area contributed by atoms with Gasteiger partial charge in [-0.25, -0.2) is 22.2 Å². The number of carbonyl (C=O) groups is 1. The topological polar surface area (TPSA) is 137 Å². The molecule has 1 N–H and O–H groups in total. The second-order valence-electron chi connectivity index (χ2n) is 9.93. The SMILES string of the molecule is CC(C)C(=O)N1CCN(c2cc(S(=O)(=O)NC3(C#N)CC3)cn3c(-c4nnc(C(F)F)s4)ncc23)C[C@@H]1C. The van der Waals surface area contributed by atoms with Gasteiger partial charge in [0, 0.05) is 37.8 Å². The van der Waals surface area contributed by atoms with E-state index in [1.54, 1.807) is 0 Å². The van der Waals surface area contributed by atoms with Gasteiger partial charge in [-0.1, -0.05) is 25.2 Å². The van der Waals surface area contributed by atoms with Gasteiger partial charge < -0.3 is 9.80 Å². The van der Waals surface area contributed by atoms with E-state index in [-0.39, 0.29) is 33.6 Å². The van der Waals surface area contributed by atoms with Gasteiger partial charge in [-0.15, -0.1) is 10.2 Å². The Morgan fingerprint density at radius 1 is 1.29 bits per heavy atom. The van der Waals surface area contributed by atoms with Crippen LogP contribution in [0, 0.1) is 17.2 Å². The number of rotatable bonds is 7. The lowest BCUT2D eigenvalue weighted by Gasteiger charge is -2.42. The zero-order chi connectivity index (χ0) is 27.4. The van der Waals surface area contributed by atoms with Gasteiger partial charge in [0.25, 0.3) is 6.43 Å². The Bertz CT molecular complexity index is 1540. The van der Waals surface area contributed by atoms with Crippen molar-refractivity contribution in [3.8, 4) is 16.9 Å². The van der Waals surface area contributed by atoms with Crippen molar-refractivity contribution >= 4 is 38.5 Å². The van der Waals surface area contributed by atoms with Crippen LogP contribution in [-0.4, -0.2) is 70.0 Å². The Morgan fingerprint density at radius 2 is 2.03 bits per heavy atom. The van der Waals surface area contributed by atoms with E-state index in [9.17, 15) is 27.3 Å². The van der Waals surface area contributed by atoms with Gasteiger partial charge >= 0.3 is 0 Å². The highest BCUT2D eigenvalue weighted by Crippen LogP contribution is 2.38. The molecule has 1 aliphatic carbocycles. The van der Waals surface area contributed by atoms with E-state index in [2.05, 4.69) is 19.9 Å². The lowest BCUT2D eigenvalue weighted by molar-refractivity contribution is -0.136. The summed E-state index contributed by atoms with van der Waals surface area (Å²) in [4.78, 5) is 20.7. The number of hydrogen-bond acceptors (Lipinski definition) is 9. The van der Waals surface area contributed by atoms with Crippen molar-refractivity contribution in [3.63, 3.8) is 0 Å². The number of alkyl halides is 2. The van der Waals surface area contributed by atoms with Crippen LogP contribution in [0.2, 0.25) is 0 Å². The fourth-order valence-electron chi connectivity index (χ4n) is 4.54. The smallest absolute Gasteiger partial charge is 0.291 e. The minimum Gasteiger partial charge on any atom is -0.366 e. The number of piperazine rings is 1. The number of anilines is 1. The third-order valence-electron chi connectivity index (χ3n) is 6.76. The molecule has 15 heteroatoms. The monoisotopic (exact) mass is 564 g/mol. The highest BCUT2D eigenvalue weighted by atomic mass is 32.2. The number of amides is 1. The molecule has 3 aromatic rings. The first-order chi connectivity index (χ1) is 17.9. The van der Waals surface area contributed by atoms with Gasteiger partial charge in [-0.05, 0) is 25.8 Å². The molecule has 3 aromatic heterocycles. The normalized spacial score (nSPS) is 19.4. The summed E-state index contributed by atoms with van der Waals surface area (Å²) in [6.07, 6.45) is 0.918. The molecule has 202 valence electrons. The maximum atomic E-state index is 13.4. The first-order valence-corrected chi connectivity index (χ1v) is 14.4. The molecule has 1 saturated heterocycles. The molecule has 11 nitrogen and oxygen atoms in total. The number of hydrogen-bond donors (Lipinski definition) is 1. The number of carbonyl (C=O) groups excluding carboxylic acids is 1. The number of pyridine rings is 1. The maximum absolute atomic E-state index is 13.4. The lowest BCUT2D eigenvalue weighted by Crippen LogP contribution is -2.55. The summed E-state index contributed by atoms with van der Waals surface area (Å²) < 4.78 is 57.1. The van der Waals surface area contributed by atoms with Crippen LogP contribution in [0.3, 0.4) is 0 Å². The molecule has 1 saturated carbocycles. The number of imidazole rings is 1. The maximum Gasteiger partial charge on any atom is 0.291 e. The van der Waals surface area contributed by atoms with E-state index < -0.39 is 27.0 Å². The van der Waals surface area contributed by atoms with Gasteiger partial charge in [0.15, 0.2) is 15.8 Å². The van der Waals surface area contributed by atoms with E-state index >= 15 is 0 Å². The molecule has 2 aliphatic rings. The Labute approximate surface area is 222 Å². The van der Waals surface area contributed by atoms with Crippen molar-refractivity contribution in [2.75, 3.05) is 24.5 Å². The minimum absolute atomic E-state index is 0.0480. The van der Waals surface area contributed by atoms with E-state index in [0.29, 0.717) is 55.0 Å². The van der Waals surface area contributed by atoms with E-state index in [1.807, 2.05) is 36.6 Å². The van der Waals surface area contributed by atoms with E-state index in [1.165, 1.54) is 22.9 Å². The molecular formula is C23H26F2N8O3S2. The molecule has 0 radical (unpaired) electrons. The summed E-state index contributed by atoms with van der Waals surface area (Å²) in [6, 6.07) is 3.41. The third kappa shape index (κ3) is 4.72. The molecule has 0 unspecified atom stereocenters. The first kappa shape index (κ1) is 26.4. The summed E-state index contributed by atoms with van der Waals surface area (Å²) >= 11 is 0.677. The van der Waals surface area contributed by atoms with Crippen molar-refractivity contribution in [3.05, 3.63) is 23.5 Å². The van der Waals surface area contributed by atoms with Crippen molar-refractivity contribution in [2.24, 2.45) is 5.92 Å². The van der Waals surface area contributed by atoms with Gasteiger partial charge in [-0.2, -0.15) is 9.98 Å². The summed E-state index contributed by atoms with van der Waals surface area (Å²) in [7, 11) is -4.12. The number of halogens is 2. The molecule has 5 rings (SSSR count). The van der Waals surface area contributed by atoms with Crippen LogP contribution < -0.4 is 9.62 Å². The fraction of sp³-hybridized carbons (Fsp3) is 0.522. The van der Waals surface area contributed by atoms with Crippen LogP contribution in [-0.2, 0) is 14.8 Å². The third-order valence-corrected chi connectivity index (χ3v) is 9.19. The molecule has 38 heavy (non-hydrogen) atoms. The summed E-state index contributed by atoms with van der Waals surface area (Å²) in [5.41, 5.74) is -0.0328. The van der Waals surface area contributed by atoms with Crippen LogP contribution >= 0.6 is 11.3 Å². The minimum atomic E-state index is -4.12. The average Bonchev–Trinajstić information content (AvgIpc) is 3.26. The summed E-state index contributed by atoms with van der Waals surface area (Å²) in [5.74, 6) is 0.0742. The zero-order valence-electron chi connectivity index (χ0n) is 20.9. The molecule has 1 amide bonds. The number of nitrogens with zero attached hydrogens (tertiary/aromatic N) is 7. The quantitative estimate of drug-likeness (QED) is 0.463. The number of nitrogens with one attached hydrogen (secondary N) is 1. The van der Waals surface area contributed by atoms with Gasteiger partial charge in [0.05, 0.1) is 23.5 Å². The number of fused-ring (bicyclic) bond motifs is 1. The lowest BCUT2D eigenvalue weighted by atomic mass is 10.1. The predicted molar refractivity (Wildman–Crippen MR) is 135 cm³/mol. The van der Waals surface area contributed by atoms with Crippen LogP contribution in [0.15, 0.2) is 23.4 Å². The fourth-order valence-corrected chi connectivity index (χ4v) is 6.62. The zero-order valence-corrected chi connectivity index (χ0v) is 22.6. The largest absolute Gasteiger partial charge is 0.366 e. The Hall–Kier alpha value is -3.22. The van der Waals surface area contributed by atoms with Gasteiger partial charge in [0.1, 0.15) is 10.4 Å². The van der Waals surface area contributed by atoms with Crippen LogP contribution in [0.25, 0.3) is 16.3 Å². The van der Waals surface area contributed by atoms with Crippen molar-refractivity contribution in [2.45, 2.75) is 56.5 Å². The molecule has 0 spiro atoms. The second-order valence-corrected chi connectivity index (χ2v) is 12.6. The van der Waals surface area contributed by atoms with Crippen molar-refractivity contribution in [1.82, 2.24) is 29.2 Å². The molecule has 0 aromatic carbocycles. The Balaban J connectivity index is 1.60. The van der Waals surface area contributed by atoms with Crippen LogP contribution in [0.5, 0.6) is 0 Å². The molecule has 4 heterocycles. The number of sulfonamides is 1. The molecule has 2 fully saturated rings. The van der Waals surface area contributed by atoms with E-state index in [4.69, 9.17) is 0 Å². The van der Waals surface area contributed by atoms with E-state index in [0.717, 1.165) is 0 Å². The van der Waals surface area contributed by atoms with Crippen LogP contribution in [0.4, 0.5) is 14.5 Å². The van der Waals surface area contributed by atoms with Crippen molar-refractivity contribution < 1.29 is 22.0 Å². The Kier molecular flexibility index (Phi) is 6.60. The Morgan fingerprint density at radius 3 is 2.61 bits per heavy atom. The van der Waals surface area contributed by atoms with Crippen LogP contribution in [0.1, 0.15) is 45.0 Å². The van der Waals surface area contributed by atoms with Gasteiger partial charge in [-0.3, -0.25) is 9.20 Å². The standard InChI is InChI=1S/C23H26F2N8O3S2/c1-13(2)22(34)32-7-6-31(10-14(32)3)16-8-15(38(35,36)30-23(12-26)4-5-23)11-33-17(16)9-27-19(33)21-29-28-20(37-21)18(24)25/h8-9,11,13-14,18,30H,4-7,10H2,1-3H3/t14-/m0/s1. The highest BCUT2D eigenvalue weighted by Gasteiger charge is 2.47. The van der Waals surface area contributed by atoms with Gasteiger partial charge in [0.2, 0.25) is 15.9 Å². The molecular weight excluding hydrogens is 538 g/mol. The predicted octanol–water partition coefficient (Wildman–Crippen LogP) is 2.82. The molecule has 1 atom stereocenters. The average molecular weight is 565 g/mol. The number of nitriles is 1. The summed E-state index contributed by atoms with van der Waals surface area (Å²) in [5, 5.41) is 16.5. The highest BCUT2D eigenvalue weighted by molar-refractivity contribution is 7.89.